The van der Waals surface area contributed by atoms with Gasteiger partial charge in [0.1, 0.15) is 0 Å². The Morgan fingerprint density at radius 3 is 2.65 bits per heavy atom. The molecule has 6 nitrogen and oxygen atoms in total. The number of carbonyl (C=O) groups excluding carboxylic acids is 1. The van der Waals surface area contributed by atoms with E-state index in [1.165, 1.54) is 5.69 Å². The molecule has 1 amide bonds. The van der Waals surface area contributed by atoms with Crippen LogP contribution in [0, 0.1) is 0 Å². The molecule has 3 heterocycles. The molecule has 1 aliphatic heterocycles. The minimum Gasteiger partial charge on any atom is -0.378 e. The predicted octanol–water partition coefficient (Wildman–Crippen LogP) is 2.66. The molecule has 0 saturated carbocycles. The van der Waals surface area contributed by atoms with Crippen molar-refractivity contribution < 1.29 is 9.53 Å². The lowest BCUT2D eigenvalue weighted by atomic mass is 10.1. The molecule has 0 bridgehead atoms. The van der Waals surface area contributed by atoms with E-state index in [1.807, 2.05) is 31.3 Å². The molecule has 0 aliphatic carbocycles. The van der Waals surface area contributed by atoms with Crippen LogP contribution in [-0.2, 0) is 4.74 Å². The third-order valence-corrected chi connectivity index (χ3v) is 4.72. The number of benzene rings is 1. The summed E-state index contributed by atoms with van der Waals surface area (Å²) in [4.78, 5) is 14.8. The van der Waals surface area contributed by atoms with Gasteiger partial charge in [-0.15, -0.1) is 0 Å². The molecule has 1 atom stereocenters. The Morgan fingerprint density at radius 1 is 1.15 bits per heavy atom. The molecule has 1 fully saturated rings. The van der Waals surface area contributed by atoms with E-state index < -0.39 is 0 Å². The summed E-state index contributed by atoms with van der Waals surface area (Å²) in [6.45, 7) is 5.36. The van der Waals surface area contributed by atoms with E-state index in [9.17, 15) is 4.79 Å². The fraction of sp³-hybridized carbons (Fsp3) is 0.300. The van der Waals surface area contributed by atoms with Crippen molar-refractivity contribution in [3.05, 3.63) is 66.0 Å². The molecule has 0 spiro atoms. The summed E-state index contributed by atoms with van der Waals surface area (Å²) < 4.78 is 7.10. The Balaban J connectivity index is 1.43. The second-order valence-corrected chi connectivity index (χ2v) is 6.49. The molecule has 1 aromatic carbocycles. The molecule has 0 radical (unpaired) electrons. The molecular formula is C20H22N4O2. The molecule has 134 valence electrons. The lowest BCUT2D eigenvalue weighted by molar-refractivity contribution is 0.0934. The van der Waals surface area contributed by atoms with Crippen LogP contribution in [0.4, 0.5) is 5.69 Å². The largest absolute Gasteiger partial charge is 0.378 e. The van der Waals surface area contributed by atoms with Gasteiger partial charge in [-0.05, 0) is 42.8 Å². The number of nitrogens with one attached hydrogen (secondary N) is 1. The van der Waals surface area contributed by atoms with Crippen LogP contribution >= 0.6 is 0 Å². The van der Waals surface area contributed by atoms with Gasteiger partial charge in [-0.3, -0.25) is 4.79 Å². The smallest absolute Gasteiger partial charge is 0.272 e. The average Bonchev–Trinajstić information content (AvgIpc) is 3.13. The fourth-order valence-corrected chi connectivity index (χ4v) is 3.20. The number of hydrogen-bond acceptors (Lipinski definition) is 4. The van der Waals surface area contributed by atoms with Gasteiger partial charge in [0.2, 0.25) is 0 Å². The molecule has 26 heavy (non-hydrogen) atoms. The number of nitrogens with zero attached hydrogens (tertiary/aromatic N) is 3. The van der Waals surface area contributed by atoms with E-state index in [1.54, 1.807) is 10.6 Å². The van der Waals surface area contributed by atoms with E-state index in [4.69, 9.17) is 4.74 Å². The molecule has 1 saturated heterocycles. The summed E-state index contributed by atoms with van der Waals surface area (Å²) in [6, 6.07) is 15.8. The van der Waals surface area contributed by atoms with Crippen LogP contribution in [-0.4, -0.2) is 41.8 Å². The first-order valence-electron chi connectivity index (χ1n) is 8.89. The van der Waals surface area contributed by atoms with E-state index in [2.05, 4.69) is 39.6 Å². The number of fused-ring (bicyclic) bond motifs is 1. The van der Waals surface area contributed by atoms with Crippen LogP contribution < -0.4 is 10.2 Å². The van der Waals surface area contributed by atoms with E-state index in [-0.39, 0.29) is 11.9 Å². The summed E-state index contributed by atoms with van der Waals surface area (Å²) in [5.41, 5.74) is 3.59. The number of anilines is 1. The van der Waals surface area contributed by atoms with Crippen LogP contribution in [0.15, 0.2) is 54.7 Å². The van der Waals surface area contributed by atoms with Crippen molar-refractivity contribution in [1.29, 1.82) is 0 Å². The third-order valence-electron chi connectivity index (χ3n) is 4.72. The maximum atomic E-state index is 12.5. The minimum atomic E-state index is -0.168. The Bertz CT molecular complexity index is 865. The number of rotatable bonds is 4. The normalized spacial score (nSPS) is 15.8. The van der Waals surface area contributed by atoms with Gasteiger partial charge in [-0.25, -0.2) is 4.52 Å². The Morgan fingerprint density at radius 2 is 1.92 bits per heavy atom. The number of ether oxygens (including phenoxy) is 1. The standard InChI is InChI=1S/C20H22N4O2/c1-15(16-5-7-17(8-6-16)23-10-12-26-13-11-23)21-20(25)19-14-18-4-2-3-9-24(18)22-19/h2-9,14-15H,10-13H2,1H3,(H,21,25)/t15-/m1/s1. The van der Waals surface area contributed by atoms with Gasteiger partial charge >= 0.3 is 0 Å². The maximum absolute atomic E-state index is 12.5. The molecule has 1 aliphatic rings. The summed E-state index contributed by atoms with van der Waals surface area (Å²) in [7, 11) is 0. The van der Waals surface area contributed by atoms with Crippen molar-refractivity contribution in [2.75, 3.05) is 31.2 Å². The van der Waals surface area contributed by atoms with Crippen molar-refractivity contribution in [3.63, 3.8) is 0 Å². The van der Waals surface area contributed by atoms with Crippen LogP contribution in [0.5, 0.6) is 0 Å². The molecule has 0 unspecified atom stereocenters. The zero-order valence-corrected chi connectivity index (χ0v) is 14.8. The van der Waals surface area contributed by atoms with Gasteiger partial charge < -0.3 is 15.0 Å². The SMILES string of the molecule is C[C@@H](NC(=O)c1cc2ccccn2n1)c1ccc(N2CCOCC2)cc1. The van der Waals surface area contributed by atoms with Crippen LogP contribution in [0.25, 0.3) is 5.52 Å². The van der Waals surface area contributed by atoms with Gasteiger partial charge in [0.05, 0.1) is 24.8 Å². The minimum absolute atomic E-state index is 0.0916. The number of pyridine rings is 1. The van der Waals surface area contributed by atoms with E-state index in [0.29, 0.717) is 5.69 Å². The quantitative estimate of drug-likeness (QED) is 0.786. The molecule has 2 aromatic heterocycles. The molecular weight excluding hydrogens is 328 g/mol. The zero-order chi connectivity index (χ0) is 17.9. The van der Waals surface area contributed by atoms with Crippen molar-refractivity contribution in [2.45, 2.75) is 13.0 Å². The molecule has 3 aromatic rings. The van der Waals surface area contributed by atoms with Crippen LogP contribution in [0.3, 0.4) is 0 Å². The van der Waals surface area contributed by atoms with Gasteiger partial charge in [0.15, 0.2) is 5.69 Å². The molecule has 1 N–H and O–H groups in total. The first-order valence-corrected chi connectivity index (χ1v) is 8.89. The fourth-order valence-electron chi connectivity index (χ4n) is 3.20. The first kappa shape index (κ1) is 16.6. The summed E-state index contributed by atoms with van der Waals surface area (Å²) in [6.07, 6.45) is 1.83. The highest BCUT2D eigenvalue weighted by Crippen LogP contribution is 2.20. The number of carbonyl (C=O) groups is 1. The second kappa shape index (κ2) is 7.17. The highest BCUT2D eigenvalue weighted by atomic mass is 16.5. The Labute approximate surface area is 152 Å². The average molecular weight is 350 g/mol. The Hall–Kier alpha value is -2.86. The number of amides is 1. The highest BCUT2D eigenvalue weighted by Gasteiger charge is 2.16. The first-order chi connectivity index (χ1) is 12.7. The summed E-state index contributed by atoms with van der Waals surface area (Å²) >= 11 is 0. The van der Waals surface area contributed by atoms with Gasteiger partial charge in [-0.1, -0.05) is 18.2 Å². The molecule has 6 heteroatoms. The van der Waals surface area contributed by atoms with Crippen molar-refractivity contribution in [2.24, 2.45) is 0 Å². The van der Waals surface area contributed by atoms with Crippen LogP contribution in [0.1, 0.15) is 29.0 Å². The van der Waals surface area contributed by atoms with Crippen molar-refractivity contribution in [3.8, 4) is 0 Å². The Kier molecular flexibility index (Phi) is 4.58. The van der Waals surface area contributed by atoms with Crippen LogP contribution in [0.2, 0.25) is 0 Å². The maximum Gasteiger partial charge on any atom is 0.272 e. The van der Waals surface area contributed by atoms with E-state index in [0.717, 1.165) is 37.4 Å². The van der Waals surface area contributed by atoms with Crippen molar-refractivity contribution >= 4 is 17.1 Å². The van der Waals surface area contributed by atoms with Gasteiger partial charge in [0, 0.05) is 25.0 Å². The van der Waals surface area contributed by atoms with E-state index >= 15 is 0 Å². The lowest BCUT2D eigenvalue weighted by Gasteiger charge is -2.29. The third kappa shape index (κ3) is 3.41. The topological polar surface area (TPSA) is 58.9 Å². The van der Waals surface area contributed by atoms with Gasteiger partial charge in [0.25, 0.3) is 5.91 Å². The number of morpholine rings is 1. The lowest BCUT2D eigenvalue weighted by Crippen LogP contribution is -2.36. The van der Waals surface area contributed by atoms with Crippen molar-refractivity contribution in [1.82, 2.24) is 14.9 Å². The van der Waals surface area contributed by atoms with Gasteiger partial charge in [-0.2, -0.15) is 5.10 Å². The molecule has 4 rings (SSSR count). The zero-order valence-electron chi connectivity index (χ0n) is 14.8. The summed E-state index contributed by atoms with van der Waals surface area (Å²) in [5.74, 6) is -0.168. The summed E-state index contributed by atoms with van der Waals surface area (Å²) in [5, 5.41) is 7.34. The predicted molar refractivity (Wildman–Crippen MR) is 101 cm³/mol. The number of hydrogen-bond donors (Lipinski definition) is 1. The monoisotopic (exact) mass is 350 g/mol. The highest BCUT2D eigenvalue weighted by molar-refractivity contribution is 5.93. The second-order valence-electron chi connectivity index (χ2n) is 6.49. The number of aromatic nitrogens is 2.